The molecule has 35 heavy (non-hydrogen) atoms. The maximum atomic E-state index is 13.4. The molecule has 1 aromatic rings. The molecule has 3 aliphatic heterocycles. The fourth-order valence-electron chi connectivity index (χ4n) is 4.35. The number of hydrogen-bond donors (Lipinski definition) is 4. The van der Waals surface area contributed by atoms with Crippen molar-refractivity contribution >= 4 is 40.8 Å². The summed E-state index contributed by atoms with van der Waals surface area (Å²) in [6.45, 7) is 3.90. The Kier molecular flexibility index (Phi) is 6.31. The van der Waals surface area contributed by atoms with E-state index in [1.165, 1.54) is 0 Å². The topological polar surface area (TPSA) is 133 Å². The molecule has 11 heteroatoms. The van der Waals surface area contributed by atoms with Crippen molar-refractivity contribution in [1.82, 2.24) is 15.5 Å². The Bertz CT molecular complexity index is 1240. The Morgan fingerprint density at radius 3 is 2.80 bits per heavy atom. The van der Waals surface area contributed by atoms with E-state index in [2.05, 4.69) is 25.9 Å². The molecule has 0 aromatic heterocycles. The van der Waals surface area contributed by atoms with Crippen molar-refractivity contribution in [1.29, 1.82) is 0 Å². The summed E-state index contributed by atoms with van der Waals surface area (Å²) in [4.78, 5) is 36.0. The normalized spacial score (nSPS) is 19.9. The second-order valence-electron chi connectivity index (χ2n) is 8.64. The number of rotatable bonds is 5. The molecule has 4 aliphatic rings. The van der Waals surface area contributed by atoms with Crippen LogP contribution in [0.15, 0.2) is 62.5 Å². The second-order valence-corrected chi connectivity index (χ2v) is 9.08. The molecule has 0 bridgehead atoms. The summed E-state index contributed by atoms with van der Waals surface area (Å²) in [5.74, 6) is -0.190. The van der Waals surface area contributed by atoms with Crippen molar-refractivity contribution < 1.29 is 14.3 Å². The van der Waals surface area contributed by atoms with E-state index in [0.29, 0.717) is 28.8 Å². The molecule has 182 valence electrons. The molecule has 1 fully saturated rings. The number of benzene rings is 1. The lowest BCUT2D eigenvalue weighted by atomic mass is 10.1. The first-order chi connectivity index (χ1) is 16.9. The molecule has 1 saturated heterocycles. The quantitative estimate of drug-likeness (QED) is 0.492. The van der Waals surface area contributed by atoms with Crippen LogP contribution in [0.5, 0.6) is 5.75 Å². The lowest BCUT2D eigenvalue weighted by Gasteiger charge is -2.24. The fourth-order valence-corrected chi connectivity index (χ4v) is 4.53. The average Bonchev–Trinajstić information content (AvgIpc) is 3.45. The third-order valence-corrected chi connectivity index (χ3v) is 6.44. The molecule has 0 unspecified atom stereocenters. The number of amides is 2. The van der Waals surface area contributed by atoms with Crippen molar-refractivity contribution in [2.24, 2.45) is 15.7 Å². The fraction of sp³-hybridized carbons (Fsp3) is 0.333. The molecule has 0 spiro atoms. The number of nitrogens with two attached hydrogens (primary N) is 1. The maximum Gasteiger partial charge on any atom is 0.274 e. The molecule has 5 rings (SSSR count). The van der Waals surface area contributed by atoms with E-state index in [0.717, 1.165) is 43.0 Å². The van der Waals surface area contributed by atoms with Gasteiger partial charge in [-0.05, 0) is 62.7 Å². The summed E-state index contributed by atoms with van der Waals surface area (Å²) in [6, 6.07) is 5.52. The van der Waals surface area contributed by atoms with Gasteiger partial charge in [0.2, 0.25) is 5.96 Å². The smallest absolute Gasteiger partial charge is 0.274 e. The zero-order chi connectivity index (χ0) is 24.5. The van der Waals surface area contributed by atoms with Gasteiger partial charge in [-0.25, -0.2) is 9.98 Å². The molecule has 0 atom stereocenters. The molecule has 0 saturated carbocycles. The Balaban J connectivity index is 1.35. The summed E-state index contributed by atoms with van der Waals surface area (Å²) < 4.78 is 6.09. The number of aryl methyl sites for hydroxylation is 1. The van der Waals surface area contributed by atoms with E-state index >= 15 is 0 Å². The van der Waals surface area contributed by atoms with Crippen LogP contribution in [0, 0.1) is 6.92 Å². The largest absolute Gasteiger partial charge is 0.490 e. The van der Waals surface area contributed by atoms with Gasteiger partial charge in [0, 0.05) is 17.1 Å². The predicted molar refractivity (Wildman–Crippen MR) is 134 cm³/mol. The number of carbonyl (C=O) groups is 2. The number of carbonyl (C=O) groups excluding carboxylic acids is 2. The second kappa shape index (κ2) is 9.55. The van der Waals surface area contributed by atoms with Crippen LogP contribution >= 0.6 is 11.6 Å². The van der Waals surface area contributed by atoms with Crippen LogP contribution in [-0.2, 0) is 9.59 Å². The zero-order valence-corrected chi connectivity index (χ0v) is 20.0. The van der Waals surface area contributed by atoms with Crippen LogP contribution in [0.1, 0.15) is 24.8 Å². The van der Waals surface area contributed by atoms with Crippen LogP contribution in [0.4, 0.5) is 5.69 Å². The molecule has 10 nitrogen and oxygen atoms in total. The standard InChI is InChI=1S/C24H26ClN7O3/c1-13-10-16(35-15-6-8-27-9-7-15)3-5-17(13)29-23(34)21-20(22(26)33)28-12-32(21)24-30-18-4-2-14(25)11-19(18)31-24/h2-3,5,10-11,15,27-28H,4,6-9,12H2,1H3,(H2,26,33)(H,29,34). The summed E-state index contributed by atoms with van der Waals surface area (Å²) >= 11 is 6.09. The lowest BCUT2D eigenvalue weighted by Crippen LogP contribution is -2.34. The van der Waals surface area contributed by atoms with Gasteiger partial charge in [0.15, 0.2) is 0 Å². The van der Waals surface area contributed by atoms with Gasteiger partial charge in [-0.1, -0.05) is 17.7 Å². The average molecular weight is 496 g/mol. The van der Waals surface area contributed by atoms with E-state index in [4.69, 9.17) is 22.1 Å². The Hall–Kier alpha value is -3.63. The van der Waals surface area contributed by atoms with Crippen molar-refractivity contribution in [3.8, 4) is 5.75 Å². The van der Waals surface area contributed by atoms with Crippen LogP contribution in [-0.4, -0.2) is 54.2 Å². The maximum absolute atomic E-state index is 13.4. The number of fused-ring (bicyclic) bond motifs is 1. The van der Waals surface area contributed by atoms with E-state index in [-0.39, 0.29) is 24.2 Å². The lowest BCUT2D eigenvalue weighted by molar-refractivity contribution is -0.116. The molecule has 0 radical (unpaired) electrons. The van der Waals surface area contributed by atoms with Gasteiger partial charge in [-0.15, -0.1) is 0 Å². The first kappa shape index (κ1) is 23.1. The van der Waals surface area contributed by atoms with Crippen molar-refractivity contribution in [2.75, 3.05) is 25.1 Å². The minimum absolute atomic E-state index is 0.00826. The monoisotopic (exact) mass is 495 g/mol. The number of ether oxygens (including phenoxy) is 1. The number of hydrogen-bond acceptors (Lipinski definition) is 8. The number of anilines is 1. The van der Waals surface area contributed by atoms with Crippen LogP contribution in [0.2, 0.25) is 0 Å². The molecule has 5 N–H and O–H groups in total. The predicted octanol–water partition coefficient (Wildman–Crippen LogP) is 1.84. The van der Waals surface area contributed by atoms with Gasteiger partial charge >= 0.3 is 0 Å². The van der Waals surface area contributed by atoms with E-state index in [1.54, 1.807) is 17.0 Å². The summed E-state index contributed by atoms with van der Waals surface area (Å²) in [5, 5.41) is 9.69. The summed E-state index contributed by atoms with van der Waals surface area (Å²) in [6.07, 6.45) is 6.18. The highest BCUT2D eigenvalue weighted by atomic mass is 35.5. The molecule has 1 aliphatic carbocycles. The first-order valence-electron chi connectivity index (χ1n) is 11.5. The van der Waals surface area contributed by atoms with Crippen LogP contribution in [0.25, 0.3) is 0 Å². The number of allylic oxidation sites excluding steroid dienone is 4. The summed E-state index contributed by atoms with van der Waals surface area (Å²) in [7, 11) is 0. The molecule has 1 aromatic carbocycles. The Morgan fingerprint density at radius 2 is 2.06 bits per heavy atom. The van der Waals surface area contributed by atoms with Gasteiger partial charge in [-0.3, -0.25) is 14.5 Å². The number of aliphatic imine (C=N–C) groups is 2. The number of piperidine rings is 1. The van der Waals surface area contributed by atoms with Crippen LogP contribution < -0.4 is 26.4 Å². The van der Waals surface area contributed by atoms with Crippen LogP contribution in [0.3, 0.4) is 0 Å². The van der Waals surface area contributed by atoms with Crippen molar-refractivity contribution in [3.63, 3.8) is 0 Å². The van der Waals surface area contributed by atoms with E-state index in [1.807, 2.05) is 25.1 Å². The number of guanidine groups is 1. The van der Waals surface area contributed by atoms with Gasteiger partial charge in [0.1, 0.15) is 23.2 Å². The van der Waals surface area contributed by atoms with Crippen molar-refractivity contribution in [3.05, 3.63) is 58.0 Å². The third kappa shape index (κ3) is 4.80. The van der Waals surface area contributed by atoms with Gasteiger partial charge in [0.25, 0.3) is 11.8 Å². The van der Waals surface area contributed by atoms with Gasteiger partial charge in [-0.2, -0.15) is 0 Å². The number of primary amides is 1. The first-order valence-corrected chi connectivity index (χ1v) is 11.9. The van der Waals surface area contributed by atoms with E-state index in [9.17, 15) is 9.59 Å². The number of nitrogens with one attached hydrogen (secondary N) is 3. The SMILES string of the molecule is Cc1cc(OC2CCNCC2)ccc1NC(=O)C1=C(C(N)=O)NCN1C1=NC2=CC(Cl)=CCC2=N1. The number of nitrogens with zero attached hydrogens (tertiary/aromatic N) is 3. The number of halogens is 1. The van der Waals surface area contributed by atoms with Crippen molar-refractivity contribution in [2.45, 2.75) is 32.3 Å². The summed E-state index contributed by atoms with van der Waals surface area (Å²) in [5.41, 5.74) is 8.44. The molecule has 3 heterocycles. The third-order valence-electron chi connectivity index (χ3n) is 6.17. The zero-order valence-electron chi connectivity index (χ0n) is 19.2. The molecular formula is C24H26ClN7O3. The molecule has 2 amide bonds. The minimum atomic E-state index is -0.743. The highest BCUT2D eigenvalue weighted by molar-refractivity contribution is 6.33. The van der Waals surface area contributed by atoms with Gasteiger partial charge < -0.3 is 26.4 Å². The van der Waals surface area contributed by atoms with E-state index < -0.39 is 11.8 Å². The highest BCUT2D eigenvalue weighted by Gasteiger charge is 2.36. The highest BCUT2D eigenvalue weighted by Crippen LogP contribution is 2.28. The minimum Gasteiger partial charge on any atom is -0.490 e. The Labute approximate surface area is 207 Å². The molecular weight excluding hydrogens is 470 g/mol. The Morgan fingerprint density at radius 1 is 1.26 bits per heavy atom. The van der Waals surface area contributed by atoms with Gasteiger partial charge in [0.05, 0.1) is 18.1 Å².